The molecular formula is C12H20N2O3. The fraction of sp³-hybridized carbons (Fsp3) is 0.667. The van der Waals surface area contributed by atoms with Crippen LogP contribution in [-0.2, 0) is 9.59 Å². The molecule has 0 fully saturated rings. The lowest BCUT2D eigenvalue weighted by Gasteiger charge is -2.36. The SMILES string of the molecule is CC(C)(C)N(CC(=O)O)C(=O)C1C=CC(N)C1. The van der Waals surface area contributed by atoms with Gasteiger partial charge in [-0.25, -0.2) is 0 Å². The summed E-state index contributed by atoms with van der Waals surface area (Å²) in [5.41, 5.74) is 5.20. The van der Waals surface area contributed by atoms with Crippen molar-refractivity contribution in [2.75, 3.05) is 6.54 Å². The molecule has 5 heteroatoms. The predicted octanol–water partition coefficient (Wildman–Crippen LogP) is 0.601. The van der Waals surface area contributed by atoms with Crippen LogP contribution in [0.3, 0.4) is 0 Å². The van der Waals surface area contributed by atoms with E-state index in [2.05, 4.69) is 0 Å². The first-order valence-electron chi connectivity index (χ1n) is 5.69. The third-order valence-electron chi connectivity index (χ3n) is 2.80. The summed E-state index contributed by atoms with van der Waals surface area (Å²) in [5.74, 6) is -1.45. The Kier molecular flexibility index (Phi) is 3.93. The molecule has 1 amide bonds. The summed E-state index contributed by atoms with van der Waals surface area (Å²) in [4.78, 5) is 24.4. The van der Waals surface area contributed by atoms with E-state index in [0.717, 1.165) is 0 Å². The highest BCUT2D eigenvalue weighted by Gasteiger charge is 2.34. The number of rotatable bonds is 3. The number of carboxylic acids is 1. The van der Waals surface area contributed by atoms with Crippen LogP contribution in [0.2, 0.25) is 0 Å². The smallest absolute Gasteiger partial charge is 0.323 e. The summed E-state index contributed by atoms with van der Waals surface area (Å²) < 4.78 is 0. The second kappa shape index (κ2) is 4.87. The van der Waals surface area contributed by atoms with Gasteiger partial charge in [-0.3, -0.25) is 9.59 Å². The van der Waals surface area contributed by atoms with E-state index in [1.165, 1.54) is 4.90 Å². The number of carboxylic acid groups (broad SMARTS) is 1. The molecule has 0 aromatic carbocycles. The molecule has 0 bridgehead atoms. The second-order valence-electron chi connectivity index (χ2n) is 5.38. The Balaban J connectivity index is 2.80. The molecule has 0 aromatic rings. The molecule has 0 saturated carbocycles. The van der Waals surface area contributed by atoms with E-state index in [1.807, 2.05) is 20.8 Å². The van der Waals surface area contributed by atoms with Crippen LogP contribution in [0.5, 0.6) is 0 Å². The molecule has 0 heterocycles. The number of hydrogen-bond donors (Lipinski definition) is 2. The summed E-state index contributed by atoms with van der Waals surface area (Å²) in [7, 11) is 0. The molecule has 1 aliphatic carbocycles. The topological polar surface area (TPSA) is 83.6 Å². The molecule has 1 aliphatic rings. The second-order valence-corrected chi connectivity index (χ2v) is 5.38. The van der Waals surface area contributed by atoms with Crippen LogP contribution in [0.4, 0.5) is 0 Å². The van der Waals surface area contributed by atoms with Crippen molar-refractivity contribution in [2.45, 2.75) is 38.8 Å². The molecule has 0 saturated heterocycles. The number of carbonyl (C=O) groups is 2. The number of amides is 1. The van der Waals surface area contributed by atoms with E-state index < -0.39 is 11.5 Å². The zero-order chi connectivity index (χ0) is 13.2. The average molecular weight is 240 g/mol. The van der Waals surface area contributed by atoms with Crippen LogP contribution in [0.15, 0.2) is 12.2 Å². The van der Waals surface area contributed by atoms with Crippen LogP contribution >= 0.6 is 0 Å². The molecular weight excluding hydrogens is 220 g/mol. The Labute approximate surface area is 101 Å². The summed E-state index contributed by atoms with van der Waals surface area (Å²) >= 11 is 0. The van der Waals surface area contributed by atoms with Crippen LogP contribution in [-0.4, -0.2) is 40.0 Å². The van der Waals surface area contributed by atoms with E-state index >= 15 is 0 Å². The van der Waals surface area contributed by atoms with Gasteiger partial charge in [0, 0.05) is 11.6 Å². The van der Waals surface area contributed by atoms with Crippen LogP contribution in [0.1, 0.15) is 27.2 Å². The minimum Gasteiger partial charge on any atom is -0.480 e. The van der Waals surface area contributed by atoms with Gasteiger partial charge in [0.05, 0.1) is 5.92 Å². The number of aliphatic carboxylic acids is 1. The summed E-state index contributed by atoms with van der Waals surface area (Å²) in [5, 5.41) is 8.85. The molecule has 96 valence electrons. The van der Waals surface area contributed by atoms with Gasteiger partial charge >= 0.3 is 5.97 Å². The van der Waals surface area contributed by atoms with Gasteiger partial charge in [0.15, 0.2) is 0 Å². The number of carbonyl (C=O) groups excluding carboxylic acids is 1. The van der Waals surface area contributed by atoms with Crippen molar-refractivity contribution in [3.63, 3.8) is 0 Å². The van der Waals surface area contributed by atoms with E-state index in [0.29, 0.717) is 6.42 Å². The Morgan fingerprint density at radius 2 is 2.00 bits per heavy atom. The van der Waals surface area contributed by atoms with E-state index in [4.69, 9.17) is 10.8 Å². The van der Waals surface area contributed by atoms with E-state index in [1.54, 1.807) is 12.2 Å². The standard InChI is InChI=1S/C12H20N2O3/c1-12(2,3)14(7-10(15)16)11(17)8-4-5-9(13)6-8/h4-5,8-9H,6-7,13H2,1-3H3,(H,15,16). The number of nitrogens with zero attached hydrogens (tertiary/aromatic N) is 1. The molecule has 1 rings (SSSR count). The minimum absolute atomic E-state index is 0.101. The van der Waals surface area contributed by atoms with Gasteiger partial charge in [0.2, 0.25) is 5.91 Å². The van der Waals surface area contributed by atoms with Crippen molar-refractivity contribution in [3.05, 3.63) is 12.2 Å². The van der Waals surface area contributed by atoms with E-state index in [9.17, 15) is 9.59 Å². The lowest BCUT2D eigenvalue weighted by atomic mass is 10.00. The van der Waals surface area contributed by atoms with Gasteiger partial charge in [-0.05, 0) is 27.2 Å². The maximum Gasteiger partial charge on any atom is 0.323 e. The summed E-state index contributed by atoms with van der Waals surface area (Å²) in [6.07, 6.45) is 4.13. The molecule has 5 nitrogen and oxygen atoms in total. The maximum absolute atomic E-state index is 12.2. The van der Waals surface area contributed by atoms with Crippen LogP contribution in [0.25, 0.3) is 0 Å². The lowest BCUT2D eigenvalue weighted by molar-refractivity contribution is -0.149. The van der Waals surface area contributed by atoms with Gasteiger partial charge in [-0.2, -0.15) is 0 Å². The zero-order valence-electron chi connectivity index (χ0n) is 10.5. The number of hydrogen-bond acceptors (Lipinski definition) is 3. The predicted molar refractivity (Wildman–Crippen MR) is 64.3 cm³/mol. The summed E-state index contributed by atoms with van der Waals surface area (Å²) in [6.45, 7) is 5.20. The lowest BCUT2D eigenvalue weighted by Crippen LogP contribution is -2.50. The first kappa shape index (κ1) is 13.7. The molecule has 0 aromatic heterocycles. The molecule has 0 radical (unpaired) electrons. The highest BCUT2D eigenvalue weighted by molar-refractivity contribution is 5.85. The molecule has 0 spiro atoms. The summed E-state index contributed by atoms with van der Waals surface area (Å²) in [6, 6.07) is -0.101. The van der Waals surface area contributed by atoms with Gasteiger partial charge in [0.25, 0.3) is 0 Å². The third-order valence-corrected chi connectivity index (χ3v) is 2.80. The van der Waals surface area contributed by atoms with Crippen molar-refractivity contribution in [2.24, 2.45) is 11.7 Å². The van der Waals surface area contributed by atoms with Crippen LogP contribution in [0, 0.1) is 5.92 Å². The maximum atomic E-state index is 12.2. The van der Waals surface area contributed by atoms with Gasteiger partial charge in [-0.1, -0.05) is 12.2 Å². The fourth-order valence-electron chi connectivity index (χ4n) is 1.89. The fourth-order valence-corrected chi connectivity index (χ4v) is 1.89. The highest BCUT2D eigenvalue weighted by atomic mass is 16.4. The van der Waals surface area contributed by atoms with Crippen molar-refractivity contribution in [1.82, 2.24) is 4.90 Å². The largest absolute Gasteiger partial charge is 0.480 e. The minimum atomic E-state index is -1.00. The van der Waals surface area contributed by atoms with Gasteiger partial charge in [0.1, 0.15) is 6.54 Å². The molecule has 2 unspecified atom stereocenters. The van der Waals surface area contributed by atoms with Crippen molar-refractivity contribution >= 4 is 11.9 Å². The molecule has 2 atom stereocenters. The molecule has 17 heavy (non-hydrogen) atoms. The van der Waals surface area contributed by atoms with Gasteiger partial charge < -0.3 is 15.7 Å². The molecule has 0 aliphatic heterocycles. The number of nitrogens with two attached hydrogens (primary N) is 1. The van der Waals surface area contributed by atoms with Crippen LogP contribution < -0.4 is 5.73 Å². The normalized spacial score (nSPS) is 23.8. The quantitative estimate of drug-likeness (QED) is 0.708. The van der Waals surface area contributed by atoms with Crippen molar-refractivity contribution < 1.29 is 14.7 Å². The Morgan fingerprint density at radius 3 is 2.35 bits per heavy atom. The zero-order valence-corrected chi connectivity index (χ0v) is 10.5. The first-order valence-corrected chi connectivity index (χ1v) is 5.69. The monoisotopic (exact) mass is 240 g/mol. The Bertz CT molecular complexity index is 344. The highest BCUT2D eigenvalue weighted by Crippen LogP contribution is 2.23. The van der Waals surface area contributed by atoms with Gasteiger partial charge in [-0.15, -0.1) is 0 Å². The van der Waals surface area contributed by atoms with E-state index in [-0.39, 0.29) is 24.4 Å². The third kappa shape index (κ3) is 3.56. The van der Waals surface area contributed by atoms with Crippen molar-refractivity contribution in [1.29, 1.82) is 0 Å². The Morgan fingerprint density at radius 1 is 1.41 bits per heavy atom. The Hall–Kier alpha value is -1.36. The first-order chi connectivity index (χ1) is 7.71. The molecule has 3 N–H and O–H groups in total. The average Bonchev–Trinajstić information content (AvgIpc) is 2.58. The van der Waals surface area contributed by atoms with Crippen molar-refractivity contribution in [3.8, 4) is 0 Å².